The van der Waals surface area contributed by atoms with Crippen molar-refractivity contribution in [2.45, 2.75) is 36.5 Å². The zero-order valence-corrected chi connectivity index (χ0v) is 16.5. The molecule has 0 spiro atoms. The highest BCUT2D eigenvalue weighted by atomic mass is 32.2. The first-order chi connectivity index (χ1) is 12.8. The molecule has 0 saturated heterocycles. The van der Waals surface area contributed by atoms with E-state index in [4.69, 9.17) is 0 Å². The average Bonchev–Trinajstić information content (AvgIpc) is 3.22. The Labute approximate surface area is 159 Å². The molecule has 1 heterocycles. The zero-order valence-electron chi connectivity index (χ0n) is 15.7. The Morgan fingerprint density at radius 3 is 2.67 bits per heavy atom. The summed E-state index contributed by atoms with van der Waals surface area (Å²) in [6, 6.07) is 10.4. The van der Waals surface area contributed by atoms with Gasteiger partial charge >= 0.3 is 0 Å². The molecule has 0 radical (unpaired) electrons. The third-order valence-corrected chi connectivity index (χ3v) is 7.82. The van der Waals surface area contributed by atoms with Crippen LogP contribution in [0.3, 0.4) is 0 Å². The fraction of sp³-hybridized carbons (Fsp3) is 0.333. The Balaban J connectivity index is 1.97. The van der Waals surface area contributed by atoms with Crippen molar-refractivity contribution in [3.05, 3.63) is 65.1 Å². The first-order valence-corrected chi connectivity index (χ1v) is 10.6. The first-order valence-electron chi connectivity index (χ1n) is 9.13. The summed E-state index contributed by atoms with van der Waals surface area (Å²) in [5.41, 5.74) is 3.67. The van der Waals surface area contributed by atoms with Crippen molar-refractivity contribution in [2.24, 2.45) is 0 Å². The van der Waals surface area contributed by atoms with Gasteiger partial charge in [-0.25, -0.2) is 17.1 Å². The topological polar surface area (TPSA) is 53.2 Å². The number of benzene rings is 2. The van der Waals surface area contributed by atoms with Gasteiger partial charge in [-0.2, -0.15) is 0 Å². The second-order valence-electron chi connectivity index (χ2n) is 7.41. The van der Waals surface area contributed by atoms with Crippen LogP contribution in [0.2, 0.25) is 0 Å². The van der Waals surface area contributed by atoms with Crippen molar-refractivity contribution in [3.63, 3.8) is 0 Å². The molecule has 1 aliphatic carbocycles. The number of hydrogen-bond acceptors (Lipinski definition) is 2. The third-order valence-electron chi connectivity index (χ3n) is 5.96. The molecule has 0 aliphatic heterocycles. The van der Waals surface area contributed by atoms with Gasteiger partial charge in [0.05, 0.1) is 5.52 Å². The van der Waals surface area contributed by atoms with Gasteiger partial charge in [-0.1, -0.05) is 25.1 Å². The van der Waals surface area contributed by atoms with Gasteiger partial charge in [0.1, 0.15) is 10.7 Å². The van der Waals surface area contributed by atoms with E-state index < -0.39 is 10.0 Å². The molecule has 0 bridgehead atoms. The predicted octanol–water partition coefficient (Wildman–Crippen LogP) is 4.20. The maximum Gasteiger partial charge on any atom is 0.244 e. The van der Waals surface area contributed by atoms with Crippen molar-refractivity contribution < 1.29 is 12.8 Å². The van der Waals surface area contributed by atoms with E-state index in [0.29, 0.717) is 5.52 Å². The van der Waals surface area contributed by atoms with Gasteiger partial charge in [-0.15, -0.1) is 0 Å². The van der Waals surface area contributed by atoms with Gasteiger partial charge in [0, 0.05) is 31.1 Å². The van der Waals surface area contributed by atoms with Gasteiger partial charge in [0.15, 0.2) is 0 Å². The number of fused-ring (bicyclic) bond motifs is 2. The van der Waals surface area contributed by atoms with E-state index in [9.17, 15) is 12.8 Å². The Morgan fingerprint density at radius 1 is 1.19 bits per heavy atom. The molecule has 1 unspecified atom stereocenters. The van der Waals surface area contributed by atoms with Crippen LogP contribution >= 0.6 is 0 Å². The highest BCUT2D eigenvalue weighted by Crippen LogP contribution is 2.49. The SMILES string of the molecule is CCC1(c2c[nH]c3c(S(=O)(=O)N(C)C)cccc23)CCc2cc(F)ccc21. The van der Waals surface area contributed by atoms with Crippen LogP contribution in [-0.2, 0) is 21.9 Å². The lowest BCUT2D eigenvalue weighted by atomic mass is 9.73. The first kappa shape index (κ1) is 18.2. The lowest BCUT2D eigenvalue weighted by Crippen LogP contribution is -2.24. The molecule has 3 aromatic rings. The second-order valence-corrected chi connectivity index (χ2v) is 9.53. The van der Waals surface area contributed by atoms with Crippen molar-refractivity contribution in [2.75, 3.05) is 14.1 Å². The van der Waals surface area contributed by atoms with Gasteiger partial charge in [-0.3, -0.25) is 0 Å². The van der Waals surface area contributed by atoms with Crippen LogP contribution in [0.25, 0.3) is 10.9 Å². The molecule has 0 saturated carbocycles. The molecule has 1 aliphatic rings. The molecule has 4 rings (SSSR count). The summed E-state index contributed by atoms with van der Waals surface area (Å²) in [6.45, 7) is 2.14. The maximum absolute atomic E-state index is 13.7. The minimum absolute atomic E-state index is 0.209. The van der Waals surface area contributed by atoms with Gasteiger partial charge in [0.25, 0.3) is 0 Å². The molecule has 1 atom stereocenters. The van der Waals surface area contributed by atoms with E-state index >= 15 is 0 Å². The van der Waals surface area contributed by atoms with Gasteiger partial charge < -0.3 is 4.98 Å². The number of para-hydroxylation sites is 1. The van der Waals surface area contributed by atoms with Gasteiger partial charge in [-0.05, 0) is 54.2 Å². The van der Waals surface area contributed by atoms with E-state index in [1.807, 2.05) is 18.3 Å². The lowest BCUT2D eigenvalue weighted by Gasteiger charge is -2.29. The van der Waals surface area contributed by atoms with E-state index in [1.54, 1.807) is 18.2 Å². The molecular weight excluding hydrogens is 363 g/mol. The van der Waals surface area contributed by atoms with E-state index in [1.165, 1.54) is 24.5 Å². The smallest absolute Gasteiger partial charge is 0.244 e. The number of hydrogen-bond donors (Lipinski definition) is 1. The molecule has 142 valence electrons. The molecule has 1 aromatic heterocycles. The number of sulfonamides is 1. The molecule has 6 heteroatoms. The van der Waals surface area contributed by atoms with Crippen LogP contribution < -0.4 is 0 Å². The van der Waals surface area contributed by atoms with E-state index in [2.05, 4.69) is 11.9 Å². The average molecular weight is 386 g/mol. The van der Waals surface area contributed by atoms with Crippen LogP contribution in [0.15, 0.2) is 47.5 Å². The Hall–Kier alpha value is -2.18. The van der Waals surface area contributed by atoms with Crippen molar-refractivity contribution in [1.82, 2.24) is 9.29 Å². The van der Waals surface area contributed by atoms with E-state index in [-0.39, 0.29) is 16.1 Å². The van der Waals surface area contributed by atoms with Crippen LogP contribution in [0.4, 0.5) is 4.39 Å². The number of nitrogens with zero attached hydrogens (tertiary/aromatic N) is 1. The monoisotopic (exact) mass is 386 g/mol. The van der Waals surface area contributed by atoms with Crippen molar-refractivity contribution >= 4 is 20.9 Å². The Kier molecular flexibility index (Phi) is 4.16. The summed E-state index contributed by atoms with van der Waals surface area (Å²) in [5, 5.41) is 0.914. The summed E-state index contributed by atoms with van der Waals surface area (Å²) < 4.78 is 40.4. The number of H-pyrrole nitrogens is 1. The molecule has 27 heavy (non-hydrogen) atoms. The Bertz CT molecular complexity index is 1130. The fourth-order valence-electron chi connectivity index (χ4n) is 4.49. The van der Waals surface area contributed by atoms with E-state index in [0.717, 1.165) is 41.3 Å². The molecule has 0 fully saturated rings. The normalized spacial score (nSPS) is 19.7. The minimum atomic E-state index is -3.55. The summed E-state index contributed by atoms with van der Waals surface area (Å²) in [5.74, 6) is -0.209. The van der Waals surface area contributed by atoms with Crippen LogP contribution in [0, 0.1) is 5.82 Å². The summed E-state index contributed by atoms with van der Waals surface area (Å²) in [4.78, 5) is 3.49. The number of nitrogens with one attached hydrogen (secondary N) is 1. The van der Waals surface area contributed by atoms with Crippen molar-refractivity contribution in [3.8, 4) is 0 Å². The molecule has 1 N–H and O–H groups in total. The highest BCUT2D eigenvalue weighted by Gasteiger charge is 2.40. The summed E-state index contributed by atoms with van der Waals surface area (Å²) in [6.07, 6.45) is 4.51. The lowest BCUT2D eigenvalue weighted by molar-refractivity contribution is 0.496. The van der Waals surface area contributed by atoms with Gasteiger partial charge in [0.2, 0.25) is 10.0 Å². The summed E-state index contributed by atoms with van der Waals surface area (Å²) in [7, 11) is -0.484. The third kappa shape index (κ3) is 2.54. The van der Waals surface area contributed by atoms with Crippen molar-refractivity contribution in [1.29, 1.82) is 0 Å². The number of halogens is 1. The maximum atomic E-state index is 13.7. The molecule has 0 amide bonds. The standard InChI is InChI=1S/C21H23FN2O2S/c1-4-21(11-10-14-12-15(22)8-9-17(14)21)18-13-23-20-16(18)6-5-7-19(20)27(25,26)24(2)3/h5-9,12-13,23H,4,10-11H2,1-3H3. The predicted molar refractivity (Wildman–Crippen MR) is 105 cm³/mol. The second kappa shape index (κ2) is 6.17. The Morgan fingerprint density at radius 2 is 1.96 bits per heavy atom. The zero-order chi connectivity index (χ0) is 19.4. The largest absolute Gasteiger partial charge is 0.360 e. The number of aromatic nitrogens is 1. The number of aryl methyl sites for hydroxylation is 1. The molecular formula is C21H23FN2O2S. The highest BCUT2D eigenvalue weighted by molar-refractivity contribution is 7.89. The molecule has 4 nitrogen and oxygen atoms in total. The summed E-state index contributed by atoms with van der Waals surface area (Å²) >= 11 is 0. The molecule has 2 aromatic carbocycles. The number of rotatable bonds is 4. The fourth-order valence-corrected chi connectivity index (χ4v) is 5.56. The van der Waals surface area contributed by atoms with Crippen LogP contribution in [0.1, 0.15) is 36.5 Å². The minimum Gasteiger partial charge on any atom is -0.360 e. The number of aromatic amines is 1. The van der Waals surface area contributed by atoms with Crippen LogP contribution in [0.5, 0.6) is 0 Å². The van der Waals surface area contributed by atoms with Crippen LogP contribution in [-0.4, -0.2) is 31.8 Å². The quantitative estimate of drug-likeness (QED) is 0.731.